The third kappa shape index (κ3) is 5.89. The number of nitrogens with two attached hydrogens (primary N) is 1. The van der Waals surface area contributed by atoms with E-state index in [1.807, 2.05) is 35.2 Å². The lowest BCUT2D eigenvalue weighted by molar-refractivity contribution is -0.139. The molecule has 2 aliphatic rings. The molecule has 2 aliphatic heterocycles. The molecule has 0 radical (unpaired) electrons. The minimum absolute atomic E-state index is 0.132. The van der Waals surface area contributed by atoms with Crippen LogP contribution in [0.5, 0.6) is 0 Å². The zero-order chi connectivity index (χ0) is 21.8. The molecule has 3 heterocycles. The Morgan fingerprint density at radius 1 is 0.968 bits per heavy atom. The fraction of sp³-hybridized carbons (Fsp3) is 0.478. The van der Waals surface area contributed by atoms with Gasteiger partial charge in [-0.3, -0.25) is 14.6 Å². The summed E-state index contributed by atoms with van der Waals surface area (Å²) in [5, 5.41) is 1.44. The Morgan fingerprint density at radius 2 is 1.68 bits per heavy atom. The number of hydrogen-bond donors (Lipinski definition) is 1. The highest BCUT2D eigenvalue weighted by Gasteiger charge is 2.30. The Morgan fingerprint density at radius 3 is 2.39 bits per heavy atom. The smallest absolute Gasteiger partial charge is 0.225 e. The molecule has 0 unspecified atom stereocenters. The number of carbonyl (C=O) groups excluding carboxylic acids is 1. The average Bonchev–Trinajstić information content (AvgIpc) is 2.77. The molecule has 2 N–H and O–H groups in total. The number of pyridine rings is 1. The van der Waals surface area contributed by atoms with Crippen LogP contribution in [0.4, 0.5) is 5.82 Å². The maximum absolute atomic E-state index is 13.1. The molecule has 0 aliphatic carbocycles. The number of piperazine rings is 1. The van der Waals surface area contributed by atoms with Crippen molar-refractivity contribution in [2.24, 2.45) is 5.92 Å². The molecule has 0 bridgehead atoms. The Bertz CT molecular complexity index is 909. The summed E-state index contributed by atoms with van der Waals surface area (Å²) in [6, 6.07) is 9.50. The van der Waals surface area contributed by atoms with E-state index in [2.05, 4.69) is 14.8 Å². The van der Waals surface area contributed by atoms with E-state index in [0.29, 0.717) is 16.7 Å². The molecular weight excluding hydrogens is 433 g/mol. The van der Waals surface area contributed by atoms with Crippen molar-refractivity contribution >= 4 is 34.9 Å². The first-order chi connectivity index (χ1) is 15.0. The van der Waals surface area contributed by atoms with E-state index in [1.54, 1.807) is 6.20 Å². The number of hydrogen-bond acceptors (Lipinski definition) is 5. The number of rotatable bonds is 5. The molecule has 0 saturated carbocycles. The SMILES string of the molecule is Nc1cc(CN2CCC(C(=O)N3CCN(Cc4cc(Cl)ccc4Cl)CC3)CC2)ccn1. The van der Waals surface area contributed by atoms with Crippen LogP contribution in [0.3, 0.4) is 0 Å². The molecule has 8 heteroatoms. The van der Waals surface area contributed by atoms with Crippen molar-refractivity contribution in [2.75, 3.05) is 45.0 Å². The number of amides is 1. The summed E-state index contributed by atoms with van der Waals surface area (Å²) in [4.78, 5) is 23.9. The highest BCUT2D eigenvalue weighted by Crippen LogP contribution is 2.24. The van der Waals surface area contributed by atoms with Gasteiger partial charge in [0.25, 0.3) is 0 Å². The van der Waals surface area contributed by atoms with E-state index >= 15 is 0 Å². The zero-order valence-corrected chi connectivity index (χ0v) is 19.2. The highest BCUT2D eigenvalue weighted by molar-refractivity contribution is 6.33. The number of carbonyl (C=O) groups is 1. The van der Waals surface area contributed by atoms with Crippen LogP contribution in [0, 0.1) is 5.92 Å². The second-order valence-electron chi connectivity index (χ2n) is 8.48. The number of nitrogens with zero attached hydrogens (tertiary/aromatic N) is 4. The van der Waals surface area contributed by atoms with Gasteiger partial charge in [0, 0.05) is 61.4 Å². The molecule has 0 spiro atoms. The van der Waals surface area contributed by atoms with E-state index in [1.165, 1.54) is 5.56 Å². The summed E-state index contributed by atoms with van der Waals surface area (Å²) >= 11 is 12.4. The second-order valence-corrected chi connectivity index (χ2v) is 9.32. The molecule has 1 aromatic carbocycles. The van der Waals surface area contributed by atoms with Crippen molar-refractivity contribution in [3.8, 4) is 0 Å². The lowest BCUT2D eigenvalue weighted by atomic mass is 9.94. The van der Waals surface area contributed by atoms with E-state index in [-0.39, 0.29) is 5.92 Å². The van der Waals surface area contributed by atoms with Crippen LogP contribution in [0.25, 0.3) is 0 Å². The molecule has 2 saturated heterocycles. The quantitative estimate of drug-likeness (QED) is 0.737. The number of aromatic nitrogens is 1. The third-order valence-corrected chi connectivity index (χ3v) is 6.88. The summed E-state index contributed by atoms with van der Waals surface area (Å²) in [6.45, 7) is 6.75. The second kappa shape index (κ2) is 10.2. The van der Waals surface area contributed by atoms with Crippen LogP contribution in [0.2, 0.25) is 10.0 Å². The molecule has 166 valence electrons. The largest absolute Gasteiger partial charge is 0.384 e. The minimum Gasteiger partial charge on any atom is -0.384 e. The molecule has 1 aromatic heterocycles. The number of nitrogen functional groups attached to an aromatic ring is 1. The van der Waals surface area contributed by atoms with Crippen LogP contribution in [-0.2, 0) is 17.9 Å². The van der Waals surface area contributed by atoms with Gasteiger partial charge in [-0.15, -0.1) is 0 Å². The number of halogens is 2. The molecule has 2 aromatic rings. The Kier molecular flexibility index (Phi) is 7.33. The maximum atomic E-state index is 13.1. The molecule has 2 fully saturated rings. The predicted octanol–water partition coefficient (Wildman–Crippen LogP) is 3.53. The monoisotopic (exact) mass is 461 g/mol. The zero-order valence-electron chi connectivity index (χ0n) is 17.6. The van der Waals surface area contributed by atoms with Crippen molar-refractivity contribution < 1.29 is 4.79 Å². The van der Waals surface area contributed by atoms with Gasteiger partial charge in [0.15, 0.2) is 0 Å². The molecule has 4 rings (SSSR count). The van der Waals surface area contributed by atoms with Gasteiger partial charge in [-0.1, -0.05) is 23.2 Å². The van der Waals surface area contributed by atoms with Crippen molar-refractivity contribution in [2.45, 2.75) is 25.9 Å². The predicted molar refractivity (Wildman–Crippen MR) is 125 cm³/mol. The fourth-order valence-electron chi connectivity index (χ4n) is 4.48. The van der Waals surface area contributed by atoms with Gasteiger partial charge < -0.3 is 10.6 Å². The Hall–Kier alpha value is -1.86. The molecule has 31 heavy (non-hydrogen) atoms. The summed E-state index contributed by atoms with van der Waals surface area (Å²) < 4.78 is 0. The van der Waals surface area contributed by atoms with Gasteiger partial charge in [-0.05, 0) is 67.4 Å². The third-order valence-electron chi connectivity index (χ3n) is 6.27. The summed E-state index contributed by atoms with van der Waals surface area (Å²) in [5.41, 5.74) is 7.99. The fourth-order valence-corrected chi connectivity index (χ4v) is 4.85. The maximum Gasteiger partial charge on any atom is 0.225 e. The van der Waals surface area contributed by atoms with Crippen LogP contribution >= 0.6 is 23.2 Å². The molecule has 0 atom stereocenters. The summed E-state index contributed by atoms with van der Waals surface area (Å²) in [7, 11) is 0. The van der Waals surface area contributed by atoms with Crippen LogP contribution in [0.1, 0.15) is 24.0 Å². The van der Waals surface area contributed by atoms with E-state index in [9.17, 15) is 4.79 Å². The lowest BCUT2D eigenvalue weighted by Gasteiger charge is -2.38. The summed E-state index contributed by atoms with van der Waals surface area (Å²) in [5.74, 6) is 1.00. The van der Waals surface area contributed by atoms with E-state index < -0.39 is 0 Å². The van der Waals surface area contributed by atoms with Gasteiger partial charge in [-0.2, -0.15) is 0 Å². The Balaban J connectivity index is 1.22. The number of piperidine rings is 1. The van der Waals surface area contributed by atoms with Gasteiger partial charge in [-0.25, -0.2) is 4.98 Å². The number of anilines is 1. The van der Waals surface area contributed by atoms with Crippen molar-refractivity contribution in [3.63, 3.8) is 0 Å². The number of likely N-dealkylation sites (tertiary alicyclic amines) is 1. The van der Waals surface area contributed by atoms with Crippen LogP contribution < -0.4 is 5.73 Å². The van der Waals surface area contributed by atoms with Crippen molar-refractivity contribution in [1.29, 1.82) is 0 Å². The number of benzene rings is 1. The van der Waals surface area contributed by atoms with E-state index in [0.717, 1.165) is 75.8 Å². The normalized spacial score (nSPS) is 19.0. The average molecular weight is 462 g/mol. The van der Waals surface area contributed by atoms with Crippen LogP contribution in [-0.4, -0.2) is 64.9 Å². The highest BCUT2D eigenvalue weighted by atomic mass is 35.5. The van der Waals surface area contributed by atoms with Gasteiger partial charge in [0.05, 0.1) is 0 Å². The van der Waals surface area contributed by atoms with Gasteiger partial charge in [0.2, 0.25) is 5.91 Å². The van der Waals surface area contributed by atoms with Gasteiger partial charge >= 0.3 is 0 Å². The Labute approximate surface area is 193 Å². The van der Waals surface area contributed by atoms with Crippen molar-refractivity contribution in [3.05, 3.63) is 57.7 Å². The first-order valence-corrected chi connectivity index (χ1v) is 11.6. The lowest BCUT2D eigenvalue weighted by Crippen LogP contribution is -2.51. The molecule has 1 amide bonds. The topological polar surface area (TPSA) is 65.7 Å². The standard InChI is InChI=1S/C23H29Cl2N5O/c24-20-1-2-21(25)19(14-20)16-29-9-11-30(12-10-29)23(31)18-4-7-28(8-5-18)15-17-3-6-27-22(26)13-17/h1-3,6,13-14,18H,4-5,7-12,15-16H2,(H2,26,27). The van der Waals surface area contributed by atoms with E-state index in [4.69, 9.17) is 28.9 Å². The summed E-state index contributed by atoms with van der Waals surface area (Å²) in [6.07, 6.45) is 3.58. The molecule has 6 nitrogen and oxygen atoms in total. The first kappa shape index (κ1) is 22.3. The minimum atomic E-state index is 0.132. The first-order valence-electron chi connectivity index (χ1n) is 10.9. The molecular formula is C23H29Cl2N5O. The van der Waals surface area contributed by atoms with Crippen LogP contribution in [0.15, 0.2) is 36.5 Å². The van der Waals surface area contributed by atoms with Crippen molar-refractivity contribution in [1.82, 2.24) is 19.7 Å². The van der Waals surface area contributed by atoms with Gasteiger partial charge in [0.1, 0.15) is 5.82 Å².